The summed E-state index contributed by atoms with van der Waals surface area (Å²) in [6, 6.07) is 24.4. The number of nitrogens with zero attached hydrogens (tertiary/aromatic N) is 6. The Morgan fingerprint density at radius 2 is 0.511 bits per heavy atom. The molecule has 0 saturated heterocycles. The molecule has 88 heavy (non-hydrogen) atoms. The zero-order valence-corrected chi connectivity index (χ0v) is 52.8. The van der Waals surface area contributed by atoms with Gasteiger partial charge in [-0.1, -0.05) is 155 Å². The third-order valence-corrected chi connectivity index (χ3v) is 16.1. The third kappa shape index (κ3) is 12.4. The van der Waals surface area contributed by atoms with Crippen molar-refractivity contribution >= 4 is 65.7 Å². The molecule has 0 atom stereocenters. The quantitative estimate of drug-likeness (QED) is 0.0380. The van der Waals surface area contributed by atoms with E-state index >= 15 is 0 Å². The summed E-state index contributed by atoms with van der Waals surface area (Å²) in [5.74, 6) is 6.45. The molecule has 6 aromatic carbocycles. The second-order valence-electron chi connectivity index (χ2n) is 22.8. The highest BCUT2D eigenvalue weighted by Gasteiger charge is 2.34. The molecular formula is C72H86N8O8. The Balaban J connectivity index is 1.40. The minimum Gasteiger partial charge on any atom is -0.493 e. The summed E-state index contributed by atoms with van der Waals surface area (Å²) in [7, 11) is 0. The topological polar surface area (TPSA) is 183 Å². The summed E-state index contributed by atoms with van der Waals surface area (Å²) < 4.78 is 55.4. The molecule has 3 aromatic heterocycles. The highest BCUT2D eigenvalue weighted by atomic mass is 16.5. The number of nitrogens with one attached hydrogen (secondary N) is 2. The number of aromatic nitrogens is 8. The standard InChI is InChI=1S/C72H86N8O8/c1-9-17-37-81-49-33-35-51(83-39-19-11-3)55-53(49)65-73-66-54-50(82-38-18-10-2)34-36-52(84-40-20-12-4)56(54)68(75-66)77-70-58-60(64(88-44-24-16-8)48-32-28-26-30-46(48)62(58)86-42-22-14-6)72(79-70)80-71-59-57(69(78-71)76-67(55)74-65)61(85-41-21-13-5)45-29-25-27-31-47(45)63(59)87-43-23-15-7/h25-36H,9-24,37-44H2,1-8H3,(H2,73,74,75,76,77,78,79,80). The van der Waals surface area contributed by atoms with Gasteiger partial charge in [0.15, 0.2) is 23.3 Å². The van der Waals surface area contributed by atoms with Gasteiger partial charge in [0.2, 0.25) is 0 Å². The van der Waals surface area contributed by atoms with Gasteiger partial charge in [-0.05, 0) is 75.6 Å². The minimum atomic E-state index is 0.359. The summed E-state index contributed by atoms with van der Waals surface area (Å²) in [5.41, 5.74) is 4.40. The maximum atomic E-state index is 7.07. The zero-order chi connectivity index (χ0) is 60.9. The maximum Gasteiger partial charge on any atom is 0.168 e. The van der Waals surface area contributed by atoms with Crippen LogP contribution in [0, 0.1) is 0 Å². The van der Waals surface area contributed by atoms with E-state index in [0.717, 1.165) is 124 Å². The number of H-pyrrole nitrogens is 2. The van der Waals surface area contributed by atoms with Crippen LogP contribution in [0.3, 0.4) is 0 Å². The summed E-state index contributed by atoms with van der Waals surface area (Å²) in [6.45, 7) is 21.1. The first-order chi connectivity index (χ1) is 43.4. The fourth-order valence-electron chi connectivity index (χ4n) is 11.3. The van der Waals surface area contributed by atoms with Crippen LogP contribution in [0.25, 0.3) is 111 Å². The van der Waals surface area contributed by atoms with E-state index in [2.05, 4.69) is 89.6 Å². The highest BCUT2D eigenvalue weighted by molar-refractivity contribution is 6.21. The number of hydrogen-bond acceptors (Lipinski definition) is 14. The van der Waals surface area contributed by atoms with Crippen molar-refractivity contribution in [2.45, 2.75) is 158 Å². The van der Waals surface area contributed by atoms with E-state index in [0.29, 0.717) is 189 Å². The Morgan fingerprint density at radius 1 is 0.261 bits per heavy atom. The smallest absolute Gasteiger partial charge is 0.168 e. The van der Waals surface area contributed by atoms with Crippen molar-refractivity contribution in [3.05, 3.63) is 72.8 Å². The van der Waals surface area contributed by atoms with Gasteiger partial charge in [-0.15, -0.1) is 0 Å². The van der Waals surface area contributed by atoms with Gasteiger partial charge in [0.05, 0.1) is 96.7 Å². The van der Waals surface area contributed by atoms with Crippen LogP contribution in [0.2, 0.25) is 0 Å². The van der Waals surface area contributed by atoms with E-state index < -0.39 is 0 Å². The fraction of sp³-hybridized carbons (Fsp3) is 0.444. The molecule has 9 aromatic rings. The van der Waals surface area contributed by atoms with Crippen molar-refractivity contribution in [1.82, 2.24) is 39.9 Å². The summed E-state index contributed by atoms with van der Waals surface area (Å²) >= 11 is 0. The van der Waals surface area contributed by atoms with Gasteiger partial charge in [0.25, 0.3) is 0 Å². The molecule has 2 aliphatic heterocycles. The van der Waals surface area contributed by atoms with Crippen molar-refractivity contribution in [3.8, 4) is 91.5 Å². The van der Waals surface area contributed by atoms with Gasteiger partial charge >= 0.3 is 0 Å². The van der Waals surface area contributed by atoms with Gasteiger partial charge in [0, 0.05) is 21.5 Å². The van der Waals surface area contributed by atoms with Crippen LogP contribution >= 0.6 is 0 Å². The second kappa shape index (κ2) is 29.1. The molecule has 0 fully saturated rings. The molecule has 0 saturated carbocycles. The summed E-state index contributed by atoms with van der Waals surface area (Å²) in [4.78, 5) is 41.5. The van der Waals surface area contributed by atoms with Crippen LogP contribution in [-0.4, -0.2) is 92.7 Å². The lowest BCUT2D eigenvalue weighted by molar-refractivity contribution is 0.303. The number of ether oxygens (including phenoxy) is 8. The van der Waals surface area contributed by atoms with Crippen LogP contribution in [0.4, 0.5) is 0 Å². The molecule has 11 rings (SSSR count). The molecule has 5 heterocycles. The van der Waals surface area contributed by atoms with Crippen molar-refractivity contribution < 1.29 is 37.9 Å². The van der Waals surface area contributed by atoms with E-state index in [1.807, 2.05) is 48.5 Å². The number of hydrogen-bond donors (Lipinski definition) is 2. The second-order valence-corrected chi connectivity index (χ2v) is 22.8. The predicted octanol–water partition coefficient (Wildman–Crippen LogP) is 18.6. The van der Waals surface area contributed by atoms with E-state index in [-0.39, 0.29) is 0 Å². The number of fused-ring (bicyclic) bond motifs is 22. The Kier molecular flexibility index (Phi) is 20.2. The van der Waals surface area contributed by atoms with Gasteiger partial charge in [-0.2, -0.15) is 0 Å². The lowest BCUT2D eigenvalue weighted by atomic mass is 9.98. The predicted molar refractivity (Wildman–Crippen MR) is 354 cm³/mol. The third-order valence-electron chi connectivity index (χ3n) is 16.1. The maximum absolute atomic E-state index is 7.07. The lowest BCUT2D eigenvalue weighted by Gasteiger charge is -2.18. The Labute approximate surface area is 516 Å². The van der Waals surface area contributed by atoms with Crippen LogP contribution in [-0.2, 0) is 0 Å². The van der Waals surface area contributed by atoms with E-state index in [4.69, 9.17) is 67.8 Å². The molecule has 0 amide bonds. The molecule has 462 valence electrons. The van der Waals surface area contributed by atoms with Crippen molar-refractivity contribution in [1.29, 1.82) is 0 Å². The molecule has 2 N–H and O–H groups in total. The molecule has 0 unspecified atom stereocenters. The minimum absolute atomic E-state index is 0.359. The summed E-state index contributed by atoms with van der Waals surface area (Å²) in [6.07, 6.45) is 14.2. The van der Waals surface area contributed by atoms with Gasteiger partial charge < -0.3 is 47.9 Å². The Bertz CT molecular complexity index is 4100. The fourth-order valence-corrected chi connectivity index (χ4v) is 11.3. The van der Waals surface area contributed by atoms with Crippen molar-refractivity contribution in [3.63, 3.8) is 0 Å². The van der Waals surface area contributed by atoms with Crippen LogP contribution < -0.4 is 37.9 Å². The lowest BCUT2D eigenvalue weighted by Crippen LogP contribution is -2.04. The van der Waals surface area contributed by atoms with E-state index in [1.165, 1.54) is 0 Å². The SMILES string of the molecule is CCCCOc1ccc(OCCCC)c2c1-c1nc-2nc2[nH]c(nc3nc(nc4[nH]c(n1)c1c(OCCCC)ccc(OCCCC)c41)-c1c-3c(OCCCC)c3ccccc3c1OCCCC)c1c(OCCCC)c3ccccc3c(OCCCC)c21. The summed E-state index contributed by atoms with van der Waals surface area (Å²) in [5, 5.41) is 6.23. The number of benzene rings is 6. The Hall–Kier alpha value is -8.40. The molecule has 16 nitrogen and oxygen atoms in total. The van der Waals surface area contributed by atoms with Crippen LogP contribution in [0.15, 0.2) is 72.8 Å². The highest BCUT2D eigenvalue weighted by Crippen LogP contribution is 2.54. The van der Waals surface area contributed by atoms with E-state index in [1.54, 1.807) is 0 Å². The van der Waals surface area contributed by atoms with Crippen molar-refractivity contribution in [2.75, 3.05) is 52.9 Å². The number of rotatable bonds is 32. The largest absolute Gasteiger partial charge is 0.493 e. The van der Waals surface area contributed by atoms with Gasteiger partial charge in [0.1, 0.15) is 68.6 Å². The average Bonchev–Trinajstić information content (AvgIpc) is 1.67. The van der Waals surface area contributed by atoms with Crippen LogP contribution in [0.5, 0.6) is 46.0 Å². The Morgan fingerprint density at radius 3 is 0.830 bits per heavy atom. The molecule has 16 heteroatoms. The normalized spacial score (nSPS) is 11.8. The molecule has 0 aliphatic carbocycles. The van der Waals surface area contributed by atoms with E-state index in [9.17, 15) is 0 Å². The zero-order valence-electron chi connectivity index (χ0n) is 52.8. The number of unbranched alkanes of at least 4 members (excludes halogenated alkanes) is 8. The number of aromatic amines is 2. The van der Waals surface area contributed by atoms with Crippen LogP contribution in [0.1, 0.15) is 158 Å². The van der Waals surface area contributed by atoms with Crippen molar-refractivity contribution in [2.24, 2.45) is 0 Å². The first-order valence-corrected chi connectivity index (χ1v) is 32.8. The molecular weight excluding hydrogens is 1100 g/mol. The molecule has 8 bridgehead atoms. The van der Waals surface area contributed by atoms with Gasteiger partial charge in [-0.3, -0.25) is 0 Å². The first kappa shape index (κ1) is 61.3. The average molecular weight is 1190 g/mol. The molecule has 0 radical (unpaired) electrons. The monoisotopic (exact) mass is 1190 g/mol. The molecule has 0 spiro atoms. The first-order valence-electron chi connectivity index (χ1n) is 32.8. The molecule has 2 aliphatic rings. The van der Waals surface area contributed by atoms with Gasteiger partial charge in [-0.25, -0.2) is 29.9 Å².